The van der Waals surface area contributed by atoms with Gasteiger partial charge in [-0.1, -0.05) is 30.3 Å². The predicted octanol–water partition coefficient (Wildman–Crippen LogP) is 4.94. The van der Waals surface area contributed by atoms with Crippen molar-refractivity contribution >= 4 is 16.7 Å². The number of rotatable bonds is 5. The van der Waals surface area contributed by atoms with Gasteiger partial charge in [0.1, 0.15) is 28.7 Å². The maximum Gasteiger partial charge on any atom is 0.200 e. The number of aromatic hydroxyl groups is 1. The highest BCUT2D eigenvalue weighted by atomic mass is 19.1. The fourth-order valence-corrected chi connectivity index (χ4v) is 4.81. The summed E-state index contributed by atoms with van der Waals surface area (Å²) in [6.07, 6.45) is 0. The van der Waals surface area contributed by atoms with E-state index >= 15 is 0 Å². The maximum absolute atomic E-state index is 14.2. The van der Waals surface area contributed by atoms with Crippen LogP contribution in [0, 0.1) is 12.7 Å². The van der Waals surface area contributed by atoms with Gasteiger partial charge < -0.3 is 19.2 Å². The van der Waals surface area contributed by atoms with Crippen molar-refractivity contribution in [1.29, 1.82) is 0 Å². The number of hydrogen-bond acceptors (Lipinski definition) is 6. The van der Waals surface area contributed by atoms with Crippen molar-refractivity contribution in [3.8, 4) is 22.6 Å². The van der Waals surface area contributed by atoms with Crippen LogP contribution in [0.4, 0.5) is 10.1 Å². The number of hydrogen-bond donors (Lipinski definition) is 1. The first kappa shape index (κ1) is 22.9. The predicted molar refractivity (Wildman–Crippen MR) is 135 cm³/mol. The summed E-state index contributed by atoms with van der Waals surface area (Å²) in [7, 11) is 1.57. The summed E-state index contributed by atoms with van der Waals surface area (Å²) >= 11 is 0. The van der Waals surface area contributed by atoms with E-state index in [0.29, 0.717) is 77.6 Å². The van der Waals surface area contributed by atoms with Crippen molar-refractivity contribution < 1.29 is 18.7 Å². The van der Waals surface area contributed by atoms with Crippen LogP contribution in [0.5, 0.6) is 11.5 Å². The second-order valence-electron chi connectivity index (χ2n) is 8.72. The first-order valence-electron chi connectivity index (χ1n) is 11.6. The van der Waals surface area contributed by atoms with Crippen LogP contribution in [0.25, 0.3) is 22.1 Å². The number of para-hydroxylation sites is 2. The Morgan fingerprint density at radius 1 is 1.00 bits per heavy atom. The molecule has 4 aromatic rings. The van der Waals surface area contributed by atoms with E-state index in [0.717, 1.165) is 0 Å². The van der Waals surface area contributed by atoms with Gasteiger partial charge in [-0.05, 0) is 37.3 Å². The van der Waals surface area contributed by atoms with Crippen LogP contribution in [0.2, 0.25) is 0 Å². The van der Waals surface area contributed by atoms with Gasteiger partial charge in [0.05, 0.1) is 29.3 Å². The van der Waals surface area contributed by atoms with E-state index in [-0.39, 0.29) is 17.0 Å². The van der Waals surface area contributed by atoms with E-state index in [9.17, 15) is 14.3 Å². The average molecular weight is 475 g/mol. The standard InChI is InChI=1S/C28H27FN2O4/c1-18-26(19-7-3-6-10-25(19)34-2)27(33)20-11-12-24(32)21(28(20)35-18)17-30-13-15-31(16-14-30)23-9-5-4-8-22(23)29/h3-12,32H,13-17H2,1-2H3. The van der Waals surface area contributed by atoms with Gasteiger partial charge in [-0.15, -0.1) is 0 Å². The molecule has 1 saturated heterocycles. The summed E-state index contributed by atoms with van der Waals surface area (Å²) in [6, 6.07) is 17.3. The fraction of sp³-hybridized carbons (Fsp3) is 0.250. The number of aryl methyl sites for hydroxylation is 1. The van der Waals surface area contributed by atoms with Crippen LogP contribution in [-0.4, -0.2) is 43.3 Å². The highest BCUT2D eigenvalue weighted by Gasteiger charge is 2.24. The van der Waals surface area contributed by atoms with Gasteiger partial charge in [-0.3, -0.25) is 9.69 Å². The zero-order valence-electron chi connectivity index (χ0n) is 19.8. The van der Waals surface area contributed by atoms with E-state index in [4.69, 9.17) is 9.15 Å². The second-order valence-corrected chi connectivity index (χ2v) is 8.72. The van der Waals surface area contributed by atoms with Crippen molar-refractivity contribution in [2.75, 3.05) is 38.2 Å². The molecule has 0 atom stereocenters. The van der Waals surface area contributed by atoms with Crippen LogP contribution < -0.4 is 15.1 Å². The van der Waals surface area contributed by atoms with Crippen molar-refractivity contribution in [3.63, 3.8) is 0 Å². The monoisotopic (exact) mass is 474 g/mol. The molecule has 5 rings (SSSR count). The van der Waals surface area contributed by atoms with Crippen molar-refractivity contribution in [1.82, 2.24) is 4.90 Å². The molecule has 0 amide bonds. The third-order valence-electron chi connectivity index (χ3n) is 6.64. The number of halogens is 1. The number of fused-ring (bicyclic) bond motifs is 1. The second kappa shape index (κ2) is 9.43. The van der Waals surface area contributed by atoms with E-state index in [1.165, 1.54) is 6.07 Å². The molecular formula is C28H27FN2O4. The van der Waals surface area contributed by atoms with Crippen LogP contribution >= 0.6 is 0 Å². The Hall–Kier alpha value is -3.84. The molecular weight excluding hydrogens is 447 g/mol. The molecule has 35 heavy (non-hydrogen) atoms. The van der Waals surface area contributed by atoms with Crippen LogP contribution in [-0.2, 0) is 6.54 Å². The molecule has 0 aliphatic carbocycles. The van der Waals surface area contributed by atoms with Crippen molar-refractivity contribution in [3.05, 3.63) is 88.0 Å². The van der Waals surface area contributed by atoms with Gasteiger partial charge in [-0.2, -0.15) is 0 Å². The van der Waals surface area contributed by atoms with Gasteiger partial charge >= 0.3 is 0 Å². The van der Waals surface area contributed by atoms with Gasteiger partial charge in [0.25, 0.3) is 0 Å². The molecule has 0 bridgehead atoms. The first-order chi connectivity index (χ1) is 17.0. The zero-order chi connectivity index (χ0) is 24.5. The lowest BCUT2D eigenvalue weighted by Gasteiger charge is -2.36. The van der Waals surface area contributed by atoms with E-state index in [1.54, 1.807) is 38.3 Å². The Morgan fingerprint density at radius 2 is 1.71 bits per heavy atom. The highest BCUT2D eigenvalue weighted by Crippen LogP contribution is 2.34. The third-order valence-corrected chi connectivity index (χ3v) is 6.64. The molecule has 3 aromatic carbocycles. The highest BCUT2D eigenvalue weighted by molar-refractivity contribution is 5.87. The summed E-state index contributed by atoms with van der Waals surface area (Å²) in [4.78, 5) is 17.8. The number of benzene rings is 3. The summed E-state index contributed by atoms with van der Waals surface area (Å²) in [5.74, 6) is 0.912. The lowest BCUT2D eigenvalue weighted by atomic mass is 10.00. The van der Waals surface area contributed by atoms with Crippen LogP contribution in [0.1, 0.15) is 11.3 Å². The van der Waals surface area contributed by atoms with Crippen LogP contribution in [0.15, 0.2) is 69.9 Å². The minimum atomic E-state index is -0.226. The maximum atomic E-state index is 14.2. The topological polar surface area (TPSA) is 66.2 Å². The number of methoxy groups -OCH3 is 1. The summed E-state index contributed by atoms with van der Waals surface area (Å²) in [5, 5.41) is 11.1. The SMILES string of the molecule is COc1ccccc1-c1c(C)oc2c(CN3CCN(c4ccccc4F)CC3)c(O)ccc2c1=O. The summed E-state index contributed by atoms with van der Waals surface area (Å²) in [5.41, 5.74) is 2.52. The molecule has 6 nitrogen and oxygen atoms in total. The largest absolute Gasteiger partial charge is 0.507 e. The average Bonchev–Trinajstić information content (AvgIpc) is 2.87. The number of ether oxygens (including phenoxy) is 1. The number of phenols is 1. The molecule has 2 heterocycles. The molecule has 0 spiro atoms. The number of anilines is 1. The van der Waals surface area contributed by atoms with Gasteiger partial charge in [0, 0.05) is 38.3 Å². The Bertz CT molecular complexity index is 1440. The third kappa shape index (κ3) is 4.23. The van der Waals surface area contributed by atoms with E-state index < -0.39 is 0 Å². The normalized spacial score (nSPS) is 14.4. The number of piperazine rings is 1. The zero-order valence-corrected chi connectivity index (χ0v) is 19.8. The van der Waals surface area contributed by atoms with Gasteiger partial charge in [-0.25, -0.2) is 4.39 Å². The van der Waals surface area contributed by atoms with Gasteiger partial charge in [0.15, 0.2) is 0 Å². The Kier molecular flexibility index (Phi) is 6.17. The Labute approximate surface area is 202 Å². The fourth-order valence-electron chi connectivity index (χ4n) is 4.81. The smallest absolute Gasteiger partial charge is 0.200 e. The minimum Gasteiger partial charge on any atom is -0.507 e. The van der Waals surface area contributed by atoms with Crippen molar-refractivity contribution in [2.45, 2.75) is 13.5 Å². The summed E-state index contributed by atoms with van der Waals surface area (Å²) in [6.45, 7) is 4.87. The molecule has 0 unspecified atom stereocenters. The first-order valence-corrected chi connectivity index (χ1v) is 11.6. The van der Waals surface area contributed by atoms with Gasteiger partial charge in [0.2, 0.25) is 5.43 Å². The lowest BCUT2D eigenvalue weighted by Crippen LogP contribution is -2.46. The quantitative estimate of drug-likeness (QED) is 0.442. The molecule has 1 fully saturated rings. The Morgan fingerprint density at radius 3 is 2.46 bits per heavy atom. The van der Waals surface area contributed by atoms with Crippen molar-refractivity contribution in [2.24, 2.45) is 0 Å². The molecule has 1 N–H and O–H groups in total. The van der Waals surface area contributed by atoms with E-state index in [2.05, 4.69) is 4.90 Å². The molecule has 1 aromatic heterocycles. The van der Waals surface area contributed by atoms with E-state index in [1.807, 2.05) is 35.2 Å². The number of nitrogens with zero attached hydrogens (tertiary/aromatic N) is 2. The molecule has 7 heteroatoms. The minimum absolute atomic E-state index is 0.0848. The molecule has 1 aliphatic rings. The molecule has 180 valence electrons. The molecule has 0 radical (unpaired) electrons. The summed E-state index contributed by atoms with van der Waals surface area (Å²) < 4.78 is 25.8. The van der Waals surface area contributed by atoms with Crippen LogP contribution in [0.3, 0.4) is 0 Å². The Balaban J connectivity index is 1.46. The lowest BCUT2D eigenvalue weighted by molar-refractivity contribution is 0.246. The molecule has 0 saturated carbocycles. The molecule has 1 aliphatic heterocycles. The number of phenolic OH excluding ortho intramolecular Hbond substituents is 1.